The number of amides is 2. The molecule has 0 aromatic heterocycles. The number of benzene rings is 2. The van der Waals surface area contributed by atoms with E-state index >= 15 is 0 Å². The van der Waals surface area contributed by atoms with Gasteiger partial charge < -0.3 is 15.1 Å². The first-order valence-electron chi connectivity index (χ1n) is 8.93. The average molecular weight is 351 g/mol. The van der Waals surface area contributed by atoms with Crippen molar-refractivity contribution in [1.29, 1.82) is 0 Å². The Bertz CT molecular complexity index is 784. The molecule has 2 aromatic rings. The Morgan fingerprint density at radius 3 is 2.15 bits per heavy atom. The van der Waals surface area contributed by atoms with Crippen molar-refractivity contribution < 1.29 is 9.59 Å². The van der Waals surface area contributed by atoms with E-state index in [9.17, 15) is 9.59 Å². The van der Waals surface area contributed by atoms with Crippen LogP contribution in [-0.2, 0) is 4.79 Å². The SMILES string of the molecule is CC(=O)N(C)c1ccc(-c2ccc(C(=O)N3CCN[C@@H](C)C3)cc2)cc1. The van der Waals surface area contributed by atoms with Crippen LogP contribution in [0.3, 0.4) is 0 Å². The zero-order valence-electron chi connectivity index (χ0n) is 15.5. The predicted molar refractivity (Wildman–Crippen MR) is 104 cm³/mol. The van der Waals surface area contributed by atoms with Gasteiger partial charge in [-0.15, -0.1) is 0 Å². The lowest BCUT2D eigenvalue weighted by Crippen LogP contribution is -2.51. The van der Waals surface area contributed by atoms with Gasteiger partial charge >= 0.3 is 0 Å². The third-order valence-electron chi connectivity index (χ3n) is 4.85. The van der Waals surface area contributed by atoms with Crippen LogP contribution in [0, 0.1) is 0 Å². The van der Waals surface area contributed by atoms with Crippen molar-refractivity contribution in [3.63, 3.8) is 0 Å². The van der Waals surface area contributed by atoms with Gasteiger partial charge in [0.2, 0.25) is 5.91 Å². The number of rotatable bonds is 3. The molecule has 3 rings (SSSR count). The van der Waals surface area contributed by atoms with Gasteiger partial charge in [-0.1, -0.05) is 24.3 Å². The van der Waals surface area contributed by atoms with E-state index in [1.807, 2.05) is 53.4 Å². The summed E-state index contributed by atoms with van der Waals surface area (Å²) in [6, 6.07) is 15.9. The van der Waals surface area contributed by atoms with Crippen molar-refractivity contribution in [1.82, 2.24) is 10.2 Å². The summed E-state index contributed by atoms with van der Waals surface area (Å²) in [5.41, 5.74) is 3.68. The maximum absolute atomic E-state index is 12.6. The molecule has 136 valence electrons. The third-order valence-corrected chi connectivity index (χ3v) is 4.85. The highest BCUT2D eigenvalue weighted by atomic mass is 16.2. The highest BCUT2D eigenvalue weighted by Gasteiger charge is 2.21. The molecular weight excluding hydrogens is 326 g/mol. The second-order valence-corrected chi connectivity index (χ2v) is 6.81. The number of carbonyl (C=O) groups is 2. The molecule has 1 aliphatic rings. The molecule has 0 aliphatic carbocycles. The number of anilines is 1. The maximum Gasteiger partial charge on any atom is 0.253 e. The Balaban J connectivity index is 1.73. The Kier molecular flexibility index (Phi) is 5.38. The molecule has 2 aromatic carbocycles. The largest absolute Gasteiger partial charge is 0.336 e. The number of piperazine rings is 1. The van der Waals surface area contributed by atoms with Gasteiger partial charge in [0.15, 0.2) is 0 Å². The van der Waals surface area contributed by atoms with Crippen LogP contribution in [0.15, 0.2) is 48.5 Å². The number of carbonyl (C=O) groups excluding carboxylic acids is 2. The lowest BCUT2D eigenvalue weighted by atomic mass is 10.0. The van der Waals surface area contributed by atoms with E-state index in [0.717, 1.165) is 42.0 Å². The summed E-state index contributed by atoms with van der Waals surface area (Å²) in [6.45, 7) is 5.96. The summed E-state index contributed by atoms with van der Waals surface area (Å²) >= 11 is 0. The smallest absolute Gasteiger partial charge is 0.253 e. The van der Waals surface area contributed by atoms with Gasteiger partial charge in [-0.05, 0) is 42.3 Å². The van der Waals surface area contributed by atoms with Crippen molar-refractivity contribution in [2.75, 3.05) is 31.6 Å². The molecule has 1 aliphatic heterocycles. The summed E-state index contributed by atoms with van der Waals surface area (Å²) < 4.78 is 0. The van der Waals surface area contributed by atoms with Gasteiger partial charge in [-0.3, -0.25) is 9.59 Å². The zero-order valence-corrected chi connectivity index (χ0v) is 15.5. The van der Waals surface area contributed by atoms with E-state index in [0.29, 0.717) is 6.04 Å². The fourth-order valence-electron chi connectivity index (χ4n) is 3.16. The molecular formula is C21H25N3O2. The first kappa shape index (κ1) is 18.1. The molecule has 1 fully saturated rings. The minimum atomic E-state index is 0.00264. The molecule has 1 saturated heterocycles. The molecule has 1 atom stereocenters. The van der Waals surface area contributed by atoms with Crippen LogP contribution in [0.25, 0.3) is 11.1 Å². The van der Waals surface area contributed by atoms with Crippen LogP contribution < -0.4 is 10.2 Å². The summed E-state index contributed by atoms with van der Waals surface area (Å²) in [4.78, 5) is 27.6. The second-order valence-electron chi connectivity index (χ2n) is 6.81. The van der Waals surface area contributed by atoms with Gasteiger partial charge in [-0.25, -0.2) is 0 Å². The van der Waals surface area contributed by atoms with Crippen LogP contribution in [0.4, 0.5) is 5.69 Å². The number of hydrogen-bond donors (Lipinski definition) is 1. The third kappa shape index (κ3) is 3.94. The molecule has 1 N–H and O–H groups in total. The minimum absolute atomic E-state index is 0.00264. The predicted octanol–water partition coefficient (Wildman–Crippen LogP) is 2.77. The normalized spacial score (nSPS) is 17.0. The van der Waals surface area contributed by atoms with Gasteiger partial charge in [0, 0.05) is 50.9 Å². The van der Waals surface area contributed by atoms with Crippen molar-refractivity contribution in [3.05, 3.63) is 54.1 Å². The topological polar surface area (TPSA) is 52.7 Å². The van der Waals surface area contributed by atoms with E-state index in [4.69, 9.17) is 0 Å². The second kappa shape index (κ2) is 7.70. The standard InChI is InChI=1S/C21H25N3O2/c1-15-14-24(13-12-22-15)21(26)19-6-4-17(5-7-19)18-8-10-20(11-9-18)23(3)16(2)25/h4-11,15,22H,12-14H2,1-3H3/t15-/m0/s1. The molecule has 0 radical (unpaired) electrons. The van der Waals surface area contributed by atoms with Crippen LogP contribution >= 0.6 is 0 Å². The Hall–Kier alpha value is -2.66. The molecule has 0 saturated carbocycles. The van der Waals surface area contributed by atoms with Gasteiger partial charge in [-0.2, -0.15) is 0 Å². The van der Waals surface area contributed by atoms with E-state index < -0.39 is 0 Å². The monoisotopic (exact) mass is 351 g/mol. The number of nitrogens with zero attached hydrogens (tertiary/aromatic N) is 2. The van der Waals surface area contributed by atoms with Gasteiger partial charge in [0.05, 0.1) is 0 Å². The average Bonchev–Trinajstić information content (AvgIpc) is 2.67. The molecule has 0 spiro atoms. The maximum atomic E-state index is 12.6. The molecule has 5 nitrogen and oxygen atoms in total. The number of nitrogens with one attached hydrogen (secondary N) is 1. The first-order chi connectivity index (χ1) is 12.5. The zero-order chi connectivity index (χ0) is 18.7. The van der Waals surface area contributed by atoms with E-state index in [1.165, 1.54) is 0 Å². The van der Waals surface area contributed by atoms with Crippen LogP contribution in [0.1, 0.15) is 24.2 Å². The van der Waals surface area contributed by atoms with Crippen LogP contribution in [0.2, 0.25) is 0 Å². The fraction of sp³-hybridized carbons (Fsp3) is 0.333. The first-order valence-corrected chi connectivity index (χ1v) is 8.93. The summed E-state index contributed by atoms with van der Waals surface area (Å²) in [5.74, 6) is 0.0891. The van der Waals surface area contributed by atoms with Crippen LogP contribution in [0.5, 0.6) is 0 Å². The summed E-state index contributed by atoms with van der Waals surface area (Å²) in [6.07, 6.45) is 0. The Labute approximate surface area is 154 Å². The van der Waals surface area contributed by atoms with E-state index in [-0.39, 0.29) is 11.8 Å². The fourth-order valence-corrected chi connectivity index (χ4v) is 3.16. The quantitative estimate of drug-likeness (QED) is 0.925. The van der Waals surface area contributed by atoms with Crippen molar-refractivity contribution in [2.24, 2.45) is 0 Å². The van der Waals surface area contributed by atoms with Crippen LogP contribution in [-0.4, -0.2) is 49.4 Å². The summed E-state index contributed by atoms with van der Waals surface area (Å²) in [5, 5.41) is 3.35. The molecule has 0 bridgehead atoms. The summed E-state index contributed by atoms with van der Waals surface area (Å²) in [7, 11) is 1.76. The Morgan fingerprint density at radius 2 is 1.62 bits per heavy atom. The minimum Gasteiger partial charge on any atom is -0.336 e. The lowest BCUT2D eigenvalue weighted by Gasteiger charge is -2.32. The van der Waals surface area contributed by atoms with Crippen molar-refractivity contribution in [3.8, 4) is 11.1 Å². The van der Waals surface area contributed by atoms with Gasteiger partial charge in [0.1, 0.15) is 0 Å². The van der Waals surface area contributed by atoms with E-state index in [2.05, 4.69) is 12.2 Å². The van der Waals surface area contributed by atoms with Crippen molar-refractivity contribution in [2.45, 2.75) is 19.9 Å². The molecule has 2 amide bonds. The van der Waals surface area contributed by atoms with E-state index in [1.54, 1.807) is 18.9 Å². The molecule has 26 heavy (non-hydrogen) atoms. The molecule has 5 heteroatoms. The molecule has 0 unspecified atom stereocenters. The van der Waals surface area contributed by atoms with Crippen molar-refractivity contribution >= 4 is 17.5 Å². The molecule has 1 heterocycles. The van der Waals surface area contributed by atoms with Gasteiger partial charge in [0.25, 0.3) is 5.91 Å². The Morgan fingerprint density at radius 1 is 1.04 bits per heavy atom. The highest BCUT2D eigenvalue weighted by molar-refractivity contribution is 5.95. The highest BCUT2D eigenvalue weighted by Crippen LogP contribution is 2.23. The number of hydrogen-bond acceptors (Lipinski definition) is 3. The lowest BCUT2D eigenvalue weighted by molar-refractivity contribution is -0.116.